The minimum absolute atomic E-state index is 0.173. The number of rotatable bonds is 1. The Labute approximate surface area is 125 Å². The summed E-state index contributed by atoms with van der Waals surface area (Å²) in [6.45, 7) is 3.62. The second kappa shape index (κ2) is 4.70. The number of piperidine rings is 1. The number of carbonyl (C=O) groups excluding carboxylic acids is 1. The summed E-state index contributed by atoms with van der Waals surface area (Å²) in [5.74, 6) is 0. The molecule has 1 unspecified atom stereocenters. The van der Waals surface area contributed by atoms with Crippen LogP contribution in [0.25, 0.3) is 0 Å². The molecular formula is C16H22N4O. The van der Waals surface area contributed by atoms with Crippen LogP contribution in [0.5, 0.6) is 0 Å². The van der Waals surface area contributed by atoms with Crippen molar-refractivity contribution in [2.75, 3.05) is 20.1 Å². The van der Waals surface area contributed by atoms with E-state index in [-0.39, 0.29) is 6.03 Å². The number of nitrogens with one attached hydrogen (secondary N) is 1. The summed E-state index contributed by atoms with van der Waals surface area (Å²) in [7, 11) is 1.98. The van der Waals surface area contributed by atoms with Crippen molar-refractivity contribution < 1.29 is 4.79 Å². The van der Waals surface area contributed by atoms with Gasteiger partial charge in [0, 0.05) is 38.6 Å². The summed E-state index contributed by atoms with van der Waals surface area (Å²) in [5, 5.41) is 3.42. The van der Waals surface area contributed by atoms with E-state index in [4.69, 9.17) is 0 Å². The van der Waals surface area contributed by atoms with Gasteiger partial charge < -0.3 is 15.1 Å². The highest BCUT2D eigenvalue weighted by Gasteiger charge is 2.57. The van der Waals surface area contributed by atoms with Gasteiger partial charge in [0.2, 0.25) is 0 Å². The van der Waals surface area contributed by atoms with Crippen molar-refractivity contribution in [3.05, 3.63) is 29.6 Å². The van der Waals surface area contributed by atoms with Crippen LogP contribution in [0.4, 0.5) is 4.79 Å². The van der Waals surface area contributed by atoms with E-state index in [1.165, 1.54) is 30.4 Å². The lowest BCUT2D eigenvalue weighted by Gasteiger charge is -2.29. The van der Waals surface area contributed by atoms with Crippen LogP contribution in [0.15, 0.2) is 18.5 Å². The highest BCUT2D eigenvalue weighted by Crippen LogP contribution is 2.55. The van der Waals surface area contributed by atoms with Gasteiger partial charge in [0.25, 0.3) is 0 Å². The van der Waals surface area contributed by atoms with Crippen LogP contribution < -0.4 is 5.32 Å². The molecule has 0 bridgehead atoms. The van der Waals surface area contributed by atoms with Gasteiger partial charge in [-0.25, -0.2) is 4.79 Å². The van der Waals surface area contributed by atoms with E-state index in [2.05, 4.69) is 10.3 Å². The summed E-state index contributed by atoms with van der Waals surface area (Å²) in [4.78, 5) is 20.8. The van der Waals surface area contributed by atoms with Crippen LogP contribution in [0.1, 0.15) is 30.4 Å². The van der Waals surface area contributed by atoms with E-state index in [1.807, 2.05) is 29.1 Å². The van der Waals surface area contributed by atoms with Crippen LogP contribution in [-0.4, -0.2) is 47.0 Å². The molecule has 112 valence electrons. The summed E-state index contributed by atoms with van der Waals surface area (Å²) in [5.41, 5.74) is 2.83. The first-order chi connectivity index (χ1) is 10.2. The van der Waals surface area contributed by atoms with E-state index >= 15 is 0 Å². The topological polar surface area (TPSA) is 48.5 Å². The number of aromatic nitrogens is 1. The van der Waals surface area contributed by atoms with Crippen LogP contribution >= 0.6 is 0 Å². The lowest BCUT2D eigenvalue weighted by molar-refractivity contribution is 0.150. The van der Waals surface area contributed by atoms with Gasteiger partial charge in [-0.3, -0.25) is 4.98 Å². The van der Waals surface area contributed by atoms with E-state index in [1.54, 1.807) is 6.20 Å². The second-order valence-corrected chi connectivity index (χ2v) is 6.73. The lowest BCUT2D eigenvalue weighted by atomic mass is 9.94. The fraction of sp³-hybridized carbons (Fsp3) is 0.625. The average molecular weight is 286 g/mol. The molecule has 1 aromatic rings. The van der Waals surface area contributed by atoms with Crippen LogP contribution in [0, 0.1) is 5.41 Å². The molecule has 0 aromatic carbocycles. The third-order valence-corrected chi connectivity index (χ3v) is 5.51. The highest BCUT2D eigenvalue weighted by molar-refractivity contribution is 5.76. The second-order valence-electron chi connectivity index (χ2n) is 6.73. The number of hydrogen-bond acceptors (Lipinski definition) is 3. The van der Waals surface area contributed by atoms with E-state index in [0.29, 0.717) is 18.0 Å². The average Bonchev–Trinajstić information content (AvgIpc) is 3.02. The van der Waals surface area contributed by atoms with Gasteiger partial charge in [0.05, 0.1) is 0 Å². The van der Waals surface area contributed by atoms with Gasteiger partial charge in [-0.15, -0.1) is 0 Å². The molecule has 1 aromatic heterocycles. The smallest absolute Gasteiger partial charge is 0.320 e. The Hall–Kier alpha value is -1.62. The number of carbonyl (C=O) groups is 1. The maximum Gasteiger partial charge on any atom is 0.320 e. The zero-order valence-corrected chi connectivity index (χ0v) is 12.5. The molecule has 2 amide bonds. The standard InChI is InChI=1S/C16H22N4O/c1-19(14-8-16(14)3-6-17-7-4-16)15(21)20-10-12-2-5-18-9-13(12)11-20/h2,5,9,14,17H,3-4,6-8,10-11H2,1H3. The molecule has 1 saturated carbocycles. The molecule has 2 aliphatic heterocycles. The predicted octanol–water partition coefficient (Wildman–Crippen LogP) is 1.59. The SMILES string of the molecule is CN(C(=O)N1Cc2ccncc2C1)C1CC12CCNCC2. The largest absolute Gasteiger partial charge is 0.324 e. The fourth-order valence-corrected chi connectivity index (χ4v) is 4.05. The number of urea groups is 1. The van der Waals surface area contributed by atoms with Crippen molar-refractivity contribution >= 4 is 6.03 Å². The molecule has 1 saturated heterocycles. The van der Waals surface area contributed by atoms with E-state index < -0.39 is 0 Å². The Kier molecular flexibility index (Phi) is 2.92. The molecule has 0 radical (unpaired) electrons. The first-order valence-electron chi connectivity index (χ1n) is 7.84. The number of pyridine rings is 1. The number of nitrogens with zero attached hydrogens (tertiary/aromatic N) is 3. The Morgan fingerprint density at radius 2 is 2.14 bits per heavy atom. The summed E-state index contributed by atoms with van der Waals surface area (Å²) in [6.07, 6.45) is 7.29. The van der Waals surface area contributed by atoms with Crippen molar-refractivity contribution in [1.82, 2.24) is 20.1 Å². The normalized spacial score (nSPS) is 25.8. The highest BCUT2D eigenvalue weighted by atomic mass is 16.2. The Morgan fingerprint density at radius 1 is 1.38 bits per heavy atom. The number of hydrogen-bond donors (Lipinski definition) is 1. The van der Waals surface area contributed by atoms with Crippen molar-refractivity contribution in [3.63, 3.8) is 0 Å². The minimum atomic E-state index is 0.173. The van der Waals surface area contributed by atoms with Crippen molar-refractivity contribution in [2.45, 2.75) is 38.4 Å². The predicted molar refractivity (Wildman–Crippen MR) is 79.6 cm³/mol. The molecule has 21 heavy (non-hydrogen) atoms. The zero-order chi connectivity index (χ0) is 14.4. The number of amides is 2. The first kappa shape index (κ1) is 13.1. The Balaban J connectivity index is 1.42. The van der Waals surface area contributed by atoms with Crippen LogP contribution in [0.2, 0.25) is 0 Å². The molecule has 1 aliphatic carbocycles. The molecular weight excluding hydrogens is 264 g/mol. The van der Waals surface area contributed by atoms with Crippen LogP contribution in [-0.2, 0) is 13.1 Å². The van der Waals surface area contributed by atoms with Gasteiger partial charge in [0.15, 0.2) is 0 Å². The lowest BCUT2D eigenvalue weighted by Crippen LogP contribution is -2.42. The molecule has 2 fully saturated rings. The maximum absolute atomic E-state index is 12.7. The van der Waals surface area contributed by atoms with Gasteiger partial charge in [-0.2, -0.15) is 0 Å². The summed E-state index contributed by atoms with van der Waals surface area (Å²) in [6, 6.07) is 2.63. The van der Waals surface area contributed by atoms with Crippen LogP contribution in [0.3, 0.4) is 0 Å². The van der Waals surface area contributed by atoms with E-state index in [9.17, 15) is 4.79 Å². The van der Waals surface area contributed by atoms with Crippen molar-refractivity contribution in [2.24, 2.45) is 5.41 Å². The van der Waals surface area contributed by atoms with Crippen molar-refractivity contribution in [3.8, 4) is 0 Å². The maximum atomic E-state index is 12.7. The van der Waals surface area contributed by atoms with Gasteiger partial charge in [-0.1, -0.05) is 0 Å². The summed E-state index contributed by atoms with van der Waals surface area (Å²) >= 11 is 0. The quantitative estimate of drug-likeness (QED) is 0.853. The monoisotopic (exact) mass is 286 g/mol. The molecule has 3 heterocycles. The third kappa shape index (κ3) is 2.11. The van der Waals surface area contributed by atoms with E-state index in [0.717, 1.165) is 19.6 Å². The van der Waals surface area contributed by atoms with Gasteiger partial charge in [0.1, 0.15) is 0 Å². The summed E-state index contributed by atoms with van der Waals surface area (Å²) < 4.78 is 0. The van der Waals surface area contributed by atoms with Crippen molar-refractivity contribution in [1.29, 1.82) is 0 Å². The van der Waals surface area contributed by atoms with Gasteiger partial charge in [-0.05, 0) is 55.0 Å². The molecule has 1 N–H and O–H groups in total. The third-order valence-electron chi connectivity index (χ3n) is 5.51. The Bertz CT molecular complexity index is 542. The zero-order valence-electron chi connectivity index (χ0n) is 12.5. The molecule has 5 nitrogen and oxygen atoms in total. The molecule has 4 rings (SSSR count). The molecule has 3 aliphatic rings. The minimum Gasteiger partial charge on any atom is -0.324 e. The first-order valence-corrected chi connectivity index (χ1v) is 7.84. The fourth-order valence-electron chi connectivity index (χ4n) is 4.05. The molecule has 5 heteroatoms. The van der Waals surface area contributed by atoms with Gasteiger partial charge >= 0.3 is 6.03 Å². The molecule has 1 atom stereocenters. The molecule has 1 spiro atoms. The number of fused-ring (bicyclic) bond motifs is 1. The Morgan fingerprint density at radius 3 is 2.90 bits per heavy atom.